The molecule has 2 N–H and O–H groups in total. The molecule has 0 aliphatic carbocycles. The molecule has 2 heterocycles. The lowest BCUT2D eigenvalue weighted by molar-refractivity contribution is -0.112. The molecular weight excluding hydrogens is 330 g/mol. The highest BCUT2D eigenvalue weighted by atomic mass is 16.5. The number of nitrogens with zero attached hydrogens (tertiary/aromatic N) is 1. The summed E-state index contributed by atoms with van der Waals surface area (Å²) in [4.78, 5) is 28.4. The number of benzene rings is 1. The van der Waals surface area contributed by atoms with Crippen molar-refractivity contribution in [1.82, 2.24) is 10.3 Å². The second kappa shape index (κ2) is 8.92. The van der Waals surface area contributed by atoms with Crippen LogP contribution in [0.3, 0.4) is 0 Å². The fourth-order valence-corrected chi connectivity index (χ4v) is 2.70. The minimum atomic E-state index is -0.205. The van der Waals surface area contributed by atoms with Gasteiger partial charge in [0.05, 0.1) is 18.8 Å². The number of nitrogens with one attached hydrogen (secondary N) is 2. The van der Waals surface area contributed by atoms with Crippen molar-refractivity contribution in [1.29, 1.82) is 0 Å². The van der Waals surface area contributed by atoms with Crippen LogP contribution in [0.1, 0.15) is 28.8 Å². The molecule has 1 saturated heterocycles. The van der Waals surface area contributed by atoms with E-state index in [2.05, 4.69) is 15.6 Å². The average molecular weight is 351 g/mol. The van der Waals surface area contributed by atoms with E-state index in [9.17, 15) is 9.59 Å². The normalized spacial score (nSPS) is 13.8. The van der Waals surface area contributed by atoms with Crippen LogP contribution >= 0.6 is 0 Å². The molecule has 1 aliphatic rings. The van der Waals surface area contributed by atoms with Crippen molar-refractivity contribution in [2.75, 3.05) is 18.5 Å². The number of carbonyl (C=O) groups is 2. The van der Waals surface area contributed by atoms with E-state index in [0.717, 1.165) is 24.0 Å². The number of pyridine rings is 1. The Morgan fingerprint density at radius 2 is 1.92 bits per heavy atom. The molecule has 0 radical (unpaired) electrons. The van der Waals surface area contributed by atoms with Crippen molar-refractivity contribution in [2.45, 2.75) is 19.4 Å². The Morgan fingerprint density at radius 3 is 2.69 bits per heavy atom. The molecule has 2 aromatic rings. The van der Waals surface area contributed by atoms with Gasteiger partial charge in [0.1, 0.15) is 0 Å². The first kappa shape index (κ1) is 17.8. The number of anilines is 1. The van der Waals surface area contributed by atoms with Crippen LogP contribution in [-0.4, -0.2) is 30.0 Å². The summed E-state index contributed by atoms with van der Waals surface area (Å²) >= 11 is 0. The summed E-state index contributed by atoms with van der Waals surface area (Å²) in [7, 11) is 0. The average Bonchev–Trinajstić information content (AvgIpc) is 2.68. The number of ether oxygens (including phenoxy) is 1. The molecule has 2 amide bonds. The van der Waals surface area contributed by atoms with Crippen LogP contribution in [0, 0.1) is 0 Å². The lowest BCUT2D eigenvalue weighted by Crippen LogP contribution is -2.23. The topological polar surface area (TPSA) is 80.3 Å². The van der Waals surface area contributed by atoms with Gasteiger partial charge in [-0.25, -0.2) is 0 Å². The molecule has 0 atom stereocenters. The van der Waals surface area contributed by atoms with Gasteiger partial charge in [0, 0.05) is 30.7 Å². The van der Waals surface area contributed by atoms with E-state index in [4.69, 9.17) is 4.74 Å². The van der Waals surface area contributed by atoms with Crippen molar-refractivity contribution in [3.05, 3.63) is 71.6 Å². The fourth-order valence-electron chi connectivity index (χ4n) is 2.70. The molecule has 1 aromatic heterocycles. The number of para-hydroxylation sites is 1. The van der Waals surface area contributed by atoms with Gasteiger partial charge < -0.3 is 15.4 Å². The molecule has 1 aliphatic heterocycles. The molecule has 6 nitrogen and oxygen atoms in total. The van der Waals surface area contributed by atoms with E-state index in [1.54, 1.807) is 24.4 Å². The number of rotatable bonds is 5. The molecule has 3 rings (SSSR count). The van der Waals surface area contributed by atoms with Gasteiger partial charge in [-0.1, -0.05) is 23.8 Å². The smallest absolute Gasteiger partial charge is 0.253 e. The highest BCUT2D eigenvalue weighted by molar-refractivity contribution is 6.00. The maximum Gasteiger partial charge on any atom is 0.253 e. The monoisotopic (exact) mass is 351 g/mol. The molecule has 0 saturated carbocycles. The first-order valence-electron chi connectivity index (χ1n) is 8.56. The van der Waals surface area contributed by atoms with E-state index >= 15 is 0 Å². The molecule has 134 valence electrons. The Kier molecular flexibility index (Phi) is 6.11. The van der Waals surface area contributed by atoms with Gasteiger partial charge in [-0.05, 0) is 36.6 Å². The van der Waals surface area contributed by atoms with Crippen LogP contribution in [0.4, 0.5) is 5.69 Å². The van der Waals surface area contributed by atoms with Gasteiger partial charge >= 0.3 is 0 Å². The van der Waals surface area contributed by atoms with E-state index in [1.807, 2.05) is 24.3 Å². The zero-order chi connectivity index (χ0) is 18.2. The first-order chi connectivity index (χ1) is 12.7. The van der Waals surface area contributed by atoms with Gasteiger partial charge in [-0.15, -0.1) is 0 Å². The predicted molar refractivity (Wildman–Crippen MR) is 98.6 cm³/mol. The van der Waals surface area contributed by atoms with Crippen molar-refractivity contribution >= 4 is 17.5 Å². The summed E-state index contributed by atoms with van der Waals surface area (Å²) in [5.41, 5.74) is 3.12. The molecular formula is C20H21N3O3. The Balaban J connectivity index is 1.62. The lowest BCUT2D eigenvalue weighted by Gasteiger charge is -2.15. The van der Waals surface area contributed by atoms with Crippen molar-refractivity contribution in [3.63, 3.8) is 0 Å². The highest BCUT2D eigenvalue weighted by Gasteiger charge is 2.10. The Bertz CT molecular complexity index is 795. The minimum absolute atomic E-state index is 0.159. The summed E-state index contributed by atoms with van der Waals surface area (Å²) in [5.74, 6) is -0.364. The molecule has 1 aromatic carbocycles. The third-order valence-electron chi connectivity index (χ3n) is 4.11. The van der Waals surface area contributed by atoms with Crippen LogP contribution in [0.5, 0.6) is 0 Å². The molecule has 0 bridgehead atoms. The molecule has 1 fully saturated rings. The maximum atomic E-state index is 12.3. The van der Waals surface area contributed by atoms with Crippen LogP contribution < -0.4 is 10.6 Å². The highest BCUT2D eigenvalue weighted by Crippen LogP contribution is 2.17. The van der Waals surface area contributed by atoms with Crippen molar-refractivity contribution < 1.29 is 14.3 Å². The van der Waals surface area contributed by atoms with Gasteiger partial charge in [0.15, 0.2) is 0 Å². The summed E-state index contributed by atoms with van der Waals surface area (Å²) in [6, 6.07) is 10.8. The maximum absolute atomic E-state index is 12.3. The SMILES string of the molecule is O=C(C=C1CCOCC1)Nc1ccccc1CNC(=O)c1cccnc1. The number of hydrogen-bond acceptors (Lipinski definition) is 4. The lowest BCUT2D eigenvalue weighted by atomic mass is 10.1. The molecule has 0 unspecified atom stereocenters. The van der Waals surface area contributed by atoms with Crippen LogP contribution in [0.2, 0.25) is 0 Å². The molecule has 6 heteroatoms. The van der Waals surface area contributed by atoms with E-state index in [0.29, 0.717) is 31.0 Å². The first-order valence-corrected chi connectivity index (χ1v) is 8.56. The minimum Gasteiger partial charge on any atom is -0.381 e. The summed E-state index contributed by atoms with van der Waals surface area (Å²) in [6.45, 7) is 1.64. The largest absolute Gasteiger partial charge is 0.381 e. The van der Waals surface area contributed by atoms with Gasteiger partial charge in [-0.2, -0.15) is 0 Å². The number of amides is 2. The third kappa shape index (κ3) is 5.00. The van der Waals surface area contributed by atoms with Crippen LogP contribution in [0.25, 0.3) is 0 Å². The van der Waals surface area contributed by atoms with Gasteiger partial charge in [0.2, 0.25) is 5.91 Å². The number of hydrogen-bond donors (Lipinski definition) is 2. The number of carbonyl (C=O) groups excluding carboxylic acids is 2. The second-order valence-electron chi connectivity index (χ2n) is 5.99. The molecule has 0 spiro atoms. The zero-order valence-electron chi connectivity index (χ0n) is 14.4. The van der Waals surface area contributed by atoms with E-state index in [1.165, 1.54) is 6.20 Å². The zero-order valence-corrected chi connectivity index (χ0v) is 14.4. The van der Waals surface area contributed by atoms with Gasteiger partial charge in [-0.3, -0.25) is 14.6 Å². The van der Waals surface area contributed by atoms with Crippen LogP contribution in [0.15, 0.2) is 60.4 Å². The quantitative estimate of drug-likeness (QED) is 0.812. The summed E-state index contributed by atoms with van der Waals surface area (Å²) < 4.78 is 5.29. The standard InChI is InChI=1S/C20H21N3O3/c24-19(12-15-7-10-26-11-8-15)23-18-6-2-1-4-16(18)14-22-20(25)17-5-3-9-21-13-17/h1-6,9,12-13H,7-8,10-11,14H2,(H,22,25)(H,23,24). The summed E-state index contributed by atoms with van der Waals surface area (Å²) in [6.07, 6.45) is 6.36. The van der Waals surface area contributed by atoms with E-state index in [-0.39, 0.29) is 11.8 Å². The van der Waals surface area contributed by atoms with Crippen molar-refractivity contribution in [3.8, 4) is 0 Å². The summed E-state index contributed by atoms with van der Waals surface area (Å²) in [5, 5.41) is 5.75. The third-order valence-corrected chi connectivity index (χ3v) is 4.11. The Labute approximate surface area is 152 Å². The predicted octanol–water partition coefficient (Wildman–Crippen LogP) is 2.69. The second-order valence-corrected chi connectivity index (χ2v) is 5.99. The Hall–Kier alpha value is -2.99. The molecule has 26 heavy (non-hydrogen) atoms. The van der Waals surface area contributed by atoms with Crippen LogP contribution in [-0.2, 0) is 16.1 Å². The fraction of sp³-hybridized carbons (Fsp3) is 0.250. The van der Waals surface area contributed by atoms with Gasteiger partial charge in [0.25, 0.3) is 5.91 Å². The Morgan fingerprint density at radius 1 is 1.12 bits per heavy atom. The van der Waals surface area contributed by atoms with E-state index < -0.39 is 0 Å². The van der Waals surface area contributed by atoms with Crippen molar-refractivity contribution in [2.24, 2.45) is 0 Å². The number of aromatic nitrogens is 1.